The third-order valence-corrected chi connectivity index (χ3v) is 3.77. The van der Waals surface area contributed by atoms with Gasteiger partial charge in [-0.05, 0) is 6.42 Å². The van der Waals surface area contributed by atoms with Gasteiger partial charge in [-0.15, -0.1) is 5.10 Å². The summed E-state index contributed by atoms with van der Waals surface area (Å²) in [5, 5.41) is 12.3. The number of hydrogen-bond acceptors (Lipinski definition) is 4. The van der Waals surface area contributed by atoms with Crippen LogP contribution < -0.4 is 5.32 Å². The monoisotopic (exact) mass is 280 g/mol. The Labute approximate surface area is 122 Å². The van der Waals surface area contributed by atoms with E-state index in [-0.39, 0.29) is 6.04 Å². The van der Waals surface area contributed by atoms with Crippen LogP contribution in [-0.2, 0) is 7.05 Å². The summed E-state index contributed by atoms with van der Waals surface area (Å²) in [6, 6.07) is 10.2. The standard InChI is InChI=1S/C15H16N6/c1-20-10-12(9-17-20)13-7-8-16-15-18-14(19-21(13)15)11-5-3-2-4-6-11/h2-6,9-10,13H,7-8H2,1H3,(H,16,18,19). The molecule has 0 amide bonds. The molecule has 21 heavy (non-hydrogen) atoms. The summed E-state index contributed by atoms with van der Waals surface area (Å²) < 4.78 is 3.80. The van der Waals surface area contributed by atoms with Crippen LogP contribution in [0.15, 0.2) is 42.7 Å². The molecule has 0 bridgehead atoms. The van der Waals surface area contributed by atoms with Crippen LogP contribution in [0.5, 0.6) is 0 Å². The number of aryl methyl sites for hydroxylation is 1. The van der Waals surface area contributed by atoms with E-state index in [9.17, 15) is 0 Å². The van der Waals surface area contributed by atoms with Crippen LogP contribution in [0.2, 0.25) is 0 Å². The molecule has 0 saturated heterocycles. The van der Waals surface area contributed by atoms with E-state index in [1.807, 2.05) is 59.1 Å². The second-order valence-corrected chi connectivity index (χ2v) is 5.25. The van der Waals surface area contributed by atoms with E-state index < -0.39 is 0 Å². The van der Waals surface area contributed by atoms with Crippen molar-refractivity contribution in [3.63, 3.8) is 0 Å². The summed E-state index contributed by atoms with van der Waals surface area (Å²) >= 11 is 0. The van der Waals surface area contributed by atoms with Crippen molar-refractivity contribution in [3.05, 3.63) is 48.3 Å². The summed E-state index contributed by atoms with van der Waals surface area (Å²) in [5.74, 6) is 1.59. The fourth-order valence-corrected chi connectivity index (χ4v) is 2.73. The lowest BCUT2D eigenvalue weighted by molar-refractivity contribution is 0.480. The molecule has 4 rings (SSSR count). The van der Waals surface area contributed by atoms with E-state index in [0.29, 0.717) is 0 Å². The molecule has 3 heterocycles. The van der Waals surface area contributed by atoms with Crippen molar-refractivity contribution in [2.45, 2.75) is 12.5 Å². The zero-order valence-electron chi connectivity index (χ0n) is 11.8. The Morgan fingerprint density at radius 1 is 1.24 bits per heavy atom. The minimum atomic E-state index is 0.194. The van der Waals surface area contributed by atoms with Crippen LogP contribution in [0.25, 0.3) is 11.4 Å². The SMILES string of the molecule is Cn1cc(C2CCNc3nc(-c4ccccc4)nn32)cn1. The van der Waals surface area contributed by atoms with Gasteiger partial charge in [0.25, 0.3) is 0 Å². The molecular weight excluding hydrogens is 264 g/mol. The summed E-state index contributed by atoms with van der Waals surface area (Å²) in [6.07, 6.45) is 4.93. The predicted octanol–water partition coefficient (Wildman–Crippen LogP) is 2.08. The first kappa shape index (κ1) is 12.1. The van der Waals surface area contributed by atoms with Gasteiger partial charge < -0.3 is 5.32 Å². The van der Waals surface area contributed by atoms with Gasteiger partial charge in [0.2, 0.25) is 5.95 Å². The molecule has 0 fully saturated rings. The Balaban J connectivity index is 1.76. The normalized spacial score (nSPS) is 17.3. The minimum absolute atomic E-state index is 0.194. The average molecular weight is 280 g/mol. The molecule has 1 aromatic carbocycles. The number of benzene rings is 1. The van der Waals surface area contributed by atoms with Crippen LogP contribution in [-0.4, -0.2) is 31.1 Å². The Kier molecular flexibility index (Phi) is 2.73. The van der Waals surface area contributed by atoms with Gasteiger partial charge in [0.1, 0.15) is 0 Å². The molecule has 0 spiro atoms. The van der Waals surface area contributed by atoms with Gasteiger partial charge in [-0.3, -0.25) is 4.68 Å². The van der Waals surface area contributed by atoms with Crippen molar-refractivity contribution in [1.29, 1.82) is 0 Å². The van der Waals surface area contributed by atoms with Gasteiger partial charge in [0, 0.05) is 30.9 Å². The van der Waals surface area contributed by atoms with E-state index in [4.69, 9.17) is 5.10 Å². The van der Waals surface area contributed by atoms with Crippen molar-refractivity contribution in [2.75, 3.05) is 11.9 Å². The molecule has 6 heteroatoms. The van der Waals surface area contributed by atoms with Crippen LogP contribution in [0.3, 0.4) is 0 Å². The quantitative estimate of drug-likeness (QED) is 0.781. The van der Waals surface area contributed by atoms with E-state index in [1.165, 1.54) is 5.56 Å². The van der Waals surface area contributed by atoms with Gasteiger partial charge in [-0.1, -0.05) is 30.3 Å². The zero-order chi connectivity index (χ0) is 14.2. The molecule has 1 N–H and O–H groups in total. The molecule has 0 saturated carbocycles. The van der Waals surface area contributed by atoms with Crippen molar-refractivity contribution in [3.8, 4) is 11.4 Å². The maximum absolute atomic E-state index is 4.69. The molecule has 1 atom stereocenters. The Hall–Kier alpha value is -2.63. The van der Waals surface area contributed by atoms with Crippen LogP contribution >= 0.6 is 0 Å². The lowest BCUT2D eigenvalue weighted by Crippen LogP contribution is -2.24. The molecule has 106 valence electrons. The molecule has 3 aromatic rings. The maximum atomic E-state index is 4.69. The van der Waals surface area contributed by atoms with Crippen molar-refractivity contribution in [1.82, 2.24) is 24.5 Å². The van der Waals surface area contributed by atoms with Crippen molar-refractivity contribution in [2.24, 2.45) is 7.05 Å². The maximum Gasteiger partial charge on any atom is 0.222 e. The lowest BCUT2D eigenvalue weighted by Gasteiger charge is -2.23. The van der Waals surface area contributed by atoms with E-state index >= 15 is 0 Å². The number of fused-ring (bicyclic) bond motifs is 1. The van der Waals surface area contributed by atoms with Gasteiger partial charge in [-0.25, -0.2) is 4.68 Å². The number of aromatic nitrogens is 5. The third-order valence-electron chi connectivity index (χ3n) is 3.77. The highest BCUT2D eigenvalue weighted by Crippen LogP contribution is 2.29. The first-order chi connectivity index (χ1) is 10.3. The largest absolute Gasteiger partial charge is 0.354 e. The molecular formula is C15H16N6. The second kappa shape index (κ2) is 4.73. The topological polar surface area (TPSA) is 60.6 Å². The molecule has 1 aliphatic rings. The lowest BCUT2D eigenvalue weighted by atomic mass is 10.1. The summed E-state index contributed by atoms with van der Waals surface area (Å²) in [6.45, 7) is 0.895. The molecule has 6 nitrogen and oxygen atoms in total. The number of nitrogens with zero attached hydrogens (tertiary/aromatic N) is 5. The second-order valence-electron chi connectivity index (χ2n) is 5.25. The van der Waals surface area contributed by atoms with E-state index in [1.54, 1.807) is 0 Å². The molecule has 1 unspecified atom stereocenters. The minimum Gasteiger partial charge on any atom is -0.354 e. The number of hydrogen-bond donors (Lipinski definition) is 1. The molecule has 0 radical (unpaired) electrons. The highest BCUT2D eigenvalue weighted by molar-refractivity contribution is 5.56. The zero-order valence-corrected chi connectivity index (χ0v) is 11.8. The van der Waals surface area contributed by atoms with Crippen LogP contribution in [0.1, 0.15) is 18.0 Å². The first-order valence-electron chi connectivity index (χ1n) is 7.05. The predicted molar refractivity (Wildman–Crippen MR) is 79.9 cm³/mol. The van der Waals surface area contributed by atoms with Gasteiger partial charge in [0.15, 0.2) is 5.82 Å². The van der Waals surface area contributed by atoms with Crippen LogP contribution in [0.4, 0.5) is 5.95 Å². The van der Waals surface area contributed by atoms with Gasteiger partial charge in [-0.2, -0.15) is 10.1 Å². The first-order valence-corrected chi connectivity index (χ1v) is 7.05. The van der Waals surface area contributed by atoms with Crippen molar-refractivity contribution >= 4 is 5.95 Å². The Bertz CT molecular complexity index is 758. The highest BCUT2D eigenvalue weighted by Gasteiger charge is 2.25. The molecule has 0 aliphatic carbocycles. The van der Waals surface area contributed by atoms with E-state index in [0.717, 1.165) is 30.3 Å². The fourth-order valence-electron chi connectivity index (χ4n) is 2.73. The summed E-state index contributed by atoms with van der Waals surface area (Å²) in [4.78, 5) is 4.62. The average Bonchev–Trinajstić information content (AvgIpc) is 3.14. The molecule has 1 aliphatic heterocycles. The van der Waals surface area contributed by atoms with Gasteiger partial charge >= 0.3 is 0 Å². The Morgan fingerprint density at radius 3 is 2.86 bits per heavy atom. The van der Waals surface area contributed by atoms with Crippen LogP contribution in [0, 0.1) is 0 Å². The number of anilines is 1. The smallest absolute Gasteiger partial charge is 0.222 e. The number of nitrogens with one attached hydrogen (secondary N) is 1. The molecule has 2 aromatic heterocycles. The van der Waals surface area contributed by atoms with Crippen molar-refractivity contribution < 1.29 is 0 Å². The van der Waals surface area contributed by atoms with Gasteiger partial charge in [0.05, 0.1) is 12.2 Å². The number of rotatable bonds is 2. The summed E-state index contributed by atoms with van der Waals surface area (Å²) in [5.41, 5.74) is 2.20. The highest BCUT2D eigenvalue weighted by atomic mass is 15.4. The summed E-state index contributed by atoms with van der Waals surface area (Å²) in [7, 11) is 1.93. The fraction of sp³-hybridized carbons (Fsp3) is 0.267. The van der Waals surface area contributed by atoms with E-state index in [2.05, 4.69) is 15.4 Å². The third kappa shape index (κ3) is 2.08. The Morgan fingerprint density at radius 2 is 2.10 bits per heavy atom.